The quantitative estimate of drug-likeness (QED) is 0.332. The van der Waals surface area contributed by atoms with Gasteiger partial charge in [-0.25, -0.2) is 4.79 Å². The van der Waals surface area contributed by atoms with Crippen LogP contribution < -0.4 is 0 Å². The number of isocyanates is 1. The molecule has 0 amide bonds. The highest BCUT2D eigenvalue weighted by Crippen LogP contribution is 2.21. The Balaban J connectivity index is 2.92. The maximum absolute atomic E-state index is 10.4. The van der Waals surface area contributed by atoms with Gasteiger partial charge in [-0.1, -0.05) is 0 Å². The van der Waals surface area contributed by atoms with Gasteiger partial charge in [-0.05, 0) is 17.7 Å². The van der Waals surface area contributed by atoms with E-state index >= 15 is 0 Å². The van der Waals surface area contributed by atoms with Gasteiger partial charge in [0, 0.05) is 12.1 Å². The number of nitro groups is 1. The van der Waals surface area contributed by atoms with Crippen LogP contribution in [-0.2, 0) is 4.79 Å². The van der Waals surface area contributed by atoms with Crippen LogP contribution in [0.5, 0.6) is 0 Å². The lowest BCUT2D eigenvalue weighted by molar-refractivity contribution is -0.384. The Hall–Kier alpha value is -2.08. The molecular weight excluding hydrogens is 228 g/mol. The van der Waals surface area contributed by atoms with E-state index in [1.54, 1.807) is 0 Å². The zero-order valence-electron chi connectivity index (χ0n) is 8.68. The van der Waals surface area contributed by atoms with E-state index in [-0.39, 0.29) is 5.69 Å². The summed E-state index contributed by atoms with van der Waals surface area (Å²) in [5.41, 5.74) is 0.217. The first-order valence-electron chi connectivity index (χ1n) is 4.70. The molecule has 0 saturated heterocycles. The predicted octanol–water partition coefficient (Wildman–Crippen LogP) is 0.325. The molecule has 0 heterocycles. The van der Waals surface area contributed by atoms with E-state index in [1.165, 1.54) is 30.3 Å². The molecule has 0 fully saturated rings. The molecule has 90 valence electrons. The fourth-order valence-electron chi connectivity index (χ4n) is 1.29. The maximum Gasteiger partial charge on any atom is 0.269 e. The van der Waals surface area contributed by atoms with E-state index in [9.17, 15) is 20.0 Å². The van der Waals surface area contributed by atoms with Crippen LogP contribution in [0.3, 0.4) is 0 Å². The molecule has 0 saturated carbocycles. The summed E-state index contributed by atoms with van der Waals surface area (Å²) in [6, 6.07) is 4.10. The number of non-ortho nitro benzene ring substituents is 1. The number of aliphatic imine (C=N–C) groups is 1. The highest BCUT2D eigenvalue weighted by Gasteiger charge is 2.20. The molecule has 0 aliphatic rings. The monoisotopic (exact) mass is 238 g/mol. The van der Waals surface area contributed by atoms with Crippen molar-refractivity contribution in [2.24, 2.45) is 4.99 Å². The summed E-state index contributed by atoms with van der Waals surface area (Å²) in [7, 11) is 0. The van der Waals surface area contributed by atoms with E-state index in [1.807, 2.05) is 0 Å². The zero-order chi connectivity index (χ0) is 12.8. The molecule has 2 atom stereocenters. The molecule has 7 heteroatoms. The molecule has 1 aromatic carbocycles. The number of nitro benzene ring substituents is 1. The van der Waals surface area contributed by atoms with Crippen LogP contribution in [0.2, 0.25) is 0 Å². The Kier molecular flexibility index (Phi) is 4.47. The summed E-state index contributed by atoms with van der Waals surface area (Å²) in [4.78, 5) is 23.1. The first-order chi connectivity index (χ1) is 8.10. The fourth-order valence-corrected chi connectivity index (χ4v) is 1.29. The topological polar surface area (TPSA) is 113 Å². The fraction of sp³-hybridized carbons (Fsp3) is 0.300. The van der Waals surface area contributed by atoms with Crippen LogP contribution >= 0.6 is 0 Å². The second-order valence-electron chi connectivity index (χ2n) is 3.26. The lowest BCUT2D eigenvalue weighted by atomic mass is 10.0. The lowest BCUT2D eigenvalue weighted by Gasteiger charge is -2.15. The second-order valence-corrected chi connectivity index (χ2v) is 3.26. The number of hydrogen-bond donors (Lipinski definition) is 2. The third-order valence-corrected chi connectivity index (χ3v) is 2.22. The molecule has 7 nitrogen and oxygen atoms in total. The molecule has 2 N–H and O–H groups in total. The number of nitrogens with zero attached hydrogens (tertiary/aromatic N) is 2. The highest BCUT2D eigenvalue weighted by atomic mass is 16.6. The largest absolute Gasteiger partial charge is 0.394 e. The summed E-state index contributed by atoms with van der Waals surface area (Å²) >= 11 is 0. The van der Waals surface area contributed by atoms with Crippen LogP contribution in [0, 0.1) is 10.1 Å². The summed E-state index contributed by atoms with van der Waals surface area (Å²) in [6.45, 7) is -0.520. The van der Waals surface area contributed by atoms with Gasteiger partial charge in [-0.15, -0.1) is 0 Å². The molecule has 1 aromatic rings. The predicted molar refractivity (Wildman–Crippen MR) is 57.1 cm³/mol. The first-order valence-corrected chi connectivity index (χ1v) is 4.70. The van der Waals surface area contributed by atoms with Crippen LogP contribution in [0.15, 0.2) is 29.3 Å². The van der Waals surface area contributed by atoms with E-state index in [4.69, 9.17) is 5.11 Å². The average molecular weight is 238 g/mol. The number of hydrogen-bond acceptors (Lipinski definition) is 6. The van der Waals surface area contributed by atoms with Crippen molar-refractivity contribution < 1.29 is 19.9 Å². The van der Waals surface area contributed by atoms with E-state index in [0.29, 0.717) is 5.56 Å². The molecule has 0 aliphatic heterocycles. The van der Waals surface area contributed by atoms with Gasteiger partial charge in [-0.2, -0.15) is 4.99 Å². The van der Waals surface area contributed by atoms with Crippen molar-refractivity contribution in [2.75, 3.05) is 6.61 Å². The molecule has 0 spiro atoms. The average Bonchev–Trinajstić information content (AvgIpc) is 2.35. The molecule has 0 radical (unpaired) electrons. The van der Waals surface area contributed by atoms with Gasteiger partial charge in [0.2, 0.25) is 6.08 Å². The number of rotatable bonds is 5. The first kappa shape index (κ1) is 13.0. The SMILES string of the molecule is O=C=N[C@@H](CO)[C@@H](O)c1ccc([N+](=O)[O-])cc1. The van der Waals surface area contributed by atoms with Gasteiger partial charge in [0.05, 0.1) is 11.5 Å². The van der Waals surface area contributed by atoms with Gasteiger partial charge in [0.1, 0.15) is 12.1 Å². The Labute approximate surface area is 96.2 Å². The van der Waals surface area contributed by atoms with Crippen LogP contribution in [-0.4, -0.2) is 33.9 Å². The minimum atomic E-state index is -1.21. The third kappa shape index (κ3) is 3.18. The Morgan fingerprint density at radius 2 is 2.00 bits per heavy atom. The molecular formula is C10H10N2O5. The zero-order valence-corrected chi connectivity index (χ0v) is 8.68. The summed E-state index contributed by atoms with van der Waals surface area (Å²) < 4.78 is 0. The maximum atomic E-state index is 10.4. The minimum absolute atomic E-state index is 0.111. The van der Waals surface area contributed by atoms with Crippen molar-refractivity contribution in [3.63, 3.8) is 0 Å². The van der Waals surface area contributed by atoms with Crippen molar-refractivity contribution in [1.82, 2.24) is 0 Å². The van der Waals surface area contributed by atoms with Gasteiger partial charge < -0.3 is 10.2 Å². The van der Waals surface area contributed by atoms with Crippen molar-refractivity contribution in [2.45, 2.75) is 12.1 Å². The summed E-state index contributed by atoms with van der Waals surface area (Å²) in [5, 5.41) is 29.0. The van der Waals surface area contributed by atoms with Crippen molar-refractivity contribution >= 4 is 11.8 Å². The van der Waals surface area contributed by atoms with Crippen LogP contribution in [0.1, 0.15) is 11.7 Å². The van der Waals surface area contributed by atoms with Crippen molar-refractivity contribution in [3.05, 3.63) is 39.9 Å². The minimum Gasteiger partial charge on any atom is -0.394 e. The van der Waals surface area contributed by atoms with Crippen LogP contribution in [0.25, 0.3) is 0 Å². The molecule has 0 aromatic heterocycles. The van der Waals surface area contributed by atoms with Gasteiger partial charge >= 0.3 is 0 Å². The van der Waals surface area contributed by atoms with Gasteiger partial charge in [0.25, 0.3) is 5.69 Å². The molecule has 0 bridgehead atoms. The smallest absolute Gasteiger partial charge is 0.269 e. The summed E-state index contributed by atoms with van der Waals surface area (Å²) in [5.74, 6) is 0. The Morgan fingerprint density at radius 3 is 2.41 bits per heavy atom. The van der Waals surface area contributed by atoms with E-state index in [2.05, 4.69) is 4.99 Å². The number of benzene rings is 1. The van der Waals surface area contributed by atoms with Crippen molar-refractivity contribution in [1.29, 1.82) is 0 Å². The molecule has 17 heavy (non-hydrogen) atoms. The normalized spacial score (nSPS) is 13.5. The van der Waals surface area contributed by atoms with Crippen molar-refractivity contribution in [3.8, 4) is 0 Å². The molecule has 0 unspecified atom stereocenters. The third-order valence-electron chi connectivity index (χ3n) is 2.22. The highest BCUT2D eigenvalue weighted by molar-refractivity contribution is 5.36. The van der Waals surface area contributed by atoms with Crippen LogP contribution in [0.4, 0.5) is 5.69 Å². The number of carbonyl (C=O) groups excluding carboxylic acids is 1. The molecule has 0 aliphatic carbocycles. The Bertz CT molecular complexity index is 439. The molecule has 1 rings (SSSR count). The van der Waals surface area contributed by atoms with Gasteiger partial charge in [0.15, 0.2) is 0 Å². The van der Waals surface area contributed by atoms with E-state index in [0.717, 1.165) is 0 Å². The van der Waals surface area contributed by atoms with Gasteiger partial charge in [-0.3, -0.25) is 10.1 Å². The number of aliphatic hydroxyl groups excluding tert-OH is 2. The lowest BCUT2D eigenvalue weighted by Crippen LogP contribution is -2.20. The Morgan fingerprint density at radius 1 is 1.41 bits per heavy atom. The number of aliphatic hydroxyl groups is 2. The second kappa shape index (κ2) is 5.86. The summed E-state index contributed by atoms with van der Waals surface area (Å²) in [6.07, 6.45) is 0.0395. The van der Waals surface area contributed by atoms with E-state index < -0.39 is 23.7 Å². The standard InChI is InChI=1S/C10H10N2O5/c13-5-9(11-6-14)10(15)7-1-3-8(4-2-7)12(16)17/h1-4,9-10,13,15H,5H2/t9-,10-/m0/s1.